The highest BCUT2D eigenvalue weighted by Gasteiger charge is 2.31. The van der Waals surface area contributed by atoms with Gasteiger partial charge in [0, 0.05) is 36.5 Å². The van der Waals surface area contributed by atoms with Crippen LogP contribution in [0, 0.1) is 12.3 Å². The van der Waals surface area contributed by atoms with E-state index in [1.165, 1.54) is 10.4 Å². The first kappa shape index (κ1) is 17.0. The molecule has 1 aliphatic rings. The minimum absolute atomic E-state index is 0.107. The molecule has 4 nitrogen and oxygen atoms in total. The average molecular weight is 322 g/mol. The van der Waals surface area contributed by atoms with Crippen LogP contribution in [0.5, 0.6) is 0 Å². The first-order valence-corrected chi connectivity index (χ1v) is 8.73. The van der Waals surface area contributed by atoms with Crippen molar-refractivity contribution in [3.05, 3.63) is 21.4 Å². The maximum absolute atomic E-state index is 12.6. The predicted molar refractivity (Wildman–Crippen MR) is 90.4 cm³/mol. The molecule has 0 radical (unpaired) electrons. The fourth-order valence-corrected chi connectivity index (χ4v) is 3.80. The van der Waals surface area contributed by atoms with Crippen molar-refractivity contribution in [2.45, 2.75) is 41.0 Å². The SMILES string of the molecule is CCc1cc(C(=O)N2CCN(C(=O)C(C)(C)C)CC2)sc1C. The van der Waals surface area contributed by atoms with E-state index < -0.39 is 0 Å². The highest BCUT2D eigenvalue weighted by Crippen LogP contribution is 2.24. The second-order valence-electron chi connectivity index (χ2n) is 6.88. The van der Waals surface area contributed by atoms with Gasteiger partial charge in [0.2, 0.25) is 5.91 Å². The smallest absolute Gasteiger partial charge is 0.264 e. The Hall–Kier alpha value is -1.36. The number of aryl methyl sites for hydroxylation is 2. The topological polar surface area (TPSA) is 40.6 Å². The van der Waals surface area contributed by atoms with E-state index in [-0.39, 0.29) is 17.2 Å². The molecule has 5 heteroatoms. The van der Waals surface area contributed by atoms with Gasteiger partial charge in [-0.1, -0.05) is 27.7 Å². The van der Waals surface area contributed by atoms with Crippen molar-refractivity contribution in [2.75, 3.05) is 26.2 Å². The monoisotopic (exact) mass is 322 g/mol. The number of hydrogen-bond donors (Lipinski definition) is 0. The predicted octanol–water partition coefficient (Wildman–Crippen LogP) is 2.95. The number of hydrogen-bond acceptors (Lipinski definition) is 3. The zero-order chi connectivity index (χ0) is 16.5. The van der Waals surface area contributed by atoms with Crippen LogP contribution in [0.15, 0.2) is 6.07 Å². The van der Waals surface area contributed by atoms with Crippen LogP contribution in [0.2, 0.25) is 0 Å². The van der Waals surface area contributed by atoms with Crippen LogP contribution in [0.1, 0.15) is 47.8 Å². The largest absolute Gasteiger partial charge is 0.339 e. The van der Waals surface area contributed by atoms with Crippen LogP contribution in [0.25, 0.3) is 0 Å². The first-order chi connectivity index (χ1) is 10.2. The Kier molecular flexibility index (Phi) is 4.95. The number of piperazine rings is 1. The molecule has 122 valence electrons. The molecule has 0 saturated carbocycles. The fraction of sp³-hybridized carbons (Fsp3) is 0.647. The standard InChI is InChI=1S/C17H26N2O2S/c1-6-13-11-14(22-12(13)2)15(20)18-7-9-19(10-8-18)16(21)17(3,4)5/h11H,6-10H2,1-5H3. The number of thiophene rings is 1. The summed E-state index contributed by atoms with van der Waals surface area (Å²) in [5.74, 6) is 0.274. The molecule has 22 heavy (non-hydrogen) atoms. The Morgan fingerprint density at radius 1 is 1.14 bits per heavy atom. The van der Waals surface area contributed by atoms with Crippen molar-refractivity contribution in [1.82, 2.24) is 9.80 Å². The molecular formula is C17H26N2O2S. The molecule has 1 fully saturated rings. The maximum Gasteiger partial charge on any atom is 0.264 e. The molecule has 1 saturated heterocycles. The lowest BCUT2D eigenvalue weighted by Gasteiger charge is -2.37. The van der Waals surface area contributed by atoms with E-state index in [2.05, 4.69) is 13.8 Å². The third kappa shape index (κ3) is 3.51. The van der Waals surface area contributed by atoms with Crippen molar-refractivity contribution in [3.63, 3.8) is 0 Å². The number of nitrogens with zero attached hydrogens (tertiary/aromatic N) is 2. The molecule has 0 unspecified atom stereocenters. The number of carbonyl (C=O) groups excluding carboxylic acids is 2. The van der Waals surface area contributed by atoms with Gasteiger partial charge in [-0.05, 0) is 25.0 Å². The van der Waals surface area contributed by atoms with Gasteiger partial charge in [-0.15, -0.1) is 11.3 Å². The van der Waals surface area contributed by atoms with Gasteiger partial charge in [0.05, 0.1) is 4.88 Å². The second-order valence-corrected chi connectivity index (χ2v) is 8.14. The highest BCUT2D eigenvalue weighted by atomic mass is 32.1. The third-order valence-electron chi connectivity index (χ3n) is 4.11. The summed E-state index contributed by atoms with van der Waals surface area (Å²) < 4.78 is 0. The van der Waals surface area contributed by atoms with E-state index in [9.17, 15) is 9.59 Å². The van der Waals surface area contributed by atoms with E-state index in [1.54, 1.807) is 11.3 Å². The van der Waals surface area contributed by atoms with Crippen LogP contribution < -0.4 is 0 Å². The molecule has 0 bridgehead atoms. The molecule has 1 aromatic rings. The summed E-state index contributed by atoms with van der Waals surface area (Å²) in [6.07, 6.45) is 0.962. The van der Waals surface area contributed by atoms with E-state index in [0.29, 0.717) is 26.2 Å². The molecule has 2 rings (SSSR count). The molecule has 2 amide bonds. The van der Waals surface area contributed by atoms with Gasteiger partial charge >= 0.3 is 0 Å². The van der Waals surface area contributed by atoms with E-state index >= 15 is 0 Å². The molecule has 0 aromatic carbocycles. The Labute approximate surface area is 137 Å². The van der Waals surface area contributed by atoms with Gasteiger partial charge < -0.3 is 9.80 Å². The van der Waals surface area contributed by atoms with Crippen molar-refractivity contribution in [2.24, 2.45) is 5.41 Å². The second kappa shape index (κ2) is 6.41. The molecule has 2 heterocycles. The summed E-state index contributed by atoms with van der Waals surface area (Å²) in [6, 6.07) is 2.02. The molecule has 0 spiro atoms. The van der Waals surface area contributed by atoms with Crippen LogP contribution in [0.3, 0.4) is 0 Å². The summed E-state index contributed by atoms with van der Waals surface area (Å²) >= 11 is 1.58. The number of amides is 2. The fourth-order valence-electron chi connectivity index (χ4n) is 2.72. The highest BCUT2D eigenvalue weighted by molar-refractivity contribution is 7.14. The van der Waals surface area contributed by atoms with Crippen LogP contribution in [0.4, 0.5) is 0 Å². The summed E-state index contributed by atoms with van der Waals surface area (Å²) in [5, 5.41) is 0. The molecule has 0 aliphatic carbocycles. The summed E-state index contributed by atoms with van der Waals surface area (Å²) in [6.45, 7) is 12.5. The van der Waals surface area contributed by atoms with Gasteiger partial charge in [-0.25, -0.2) is 0 Å². The summed E-state index contributed by atoms with van der Waals surface area (Å²) in [4.78, 5) is 30.7. The maximum atomic E-state index is 12.6. The van der Waals surface area contributed by atoms with Gasteiger partial charge in [-0.2, -0.15) is 0 Å². The Bertz CT molecular complexity index is 564. The van der Waals surface area contributed by atoms with Crippen molar-refractivity contribution in [1.29, 1.82) is 0 Å². The quantitative estimate of drug-likeness (QED) is 0.840. The van der Waals surface area contributed by atoms with Crippen LogP contribution >= 0.6 is 11.3 Å². The normalized spacial score (nSPS) is 16.0. The van der Waals surface area contributed by atoms with Gasteiger partial charge in [-0.3, -0.25) is 9.59 Å². The Morgan fingerprint density at radius 3 is 2.14 bits per heavy atom. The van der Waals surface area contributed by atoms with E-state index in [1.807, 2.05) is 36.6 Å². The van der Waals surface area contributed by atoms with E-state index in [0.717, 1.165) is 11.3 Å². The molecular weight excluding hydrogens is 296 g/mol. The summed E-state index contributed by atoms with van der Waals surface area (Å²) in [7, 11) is 0. The zero-order valence-corrected chi connectivity index (χ0v) is 15.0. The lowest BCUT2D eigenvalue weighted by Crippen LogP contribution is -2.52. The van der Waals surface area contributed by atoms with Gasteiger partial charge in [0.1, 0.15) is 0 Å². The summed E-state index contributed by atoms with van der Waals surface area (Å²) in [5.41, 5.74) is 0.905. The minimum atomic E-state index is -0.354. The molecule has 0 atom stereocenters. The zero-order valence-electron chi connectivity index (χ0n) is 14.2. The molecule has 0 N–H and O–H groups in total. The molecule has 1 aliphatic heterocycles. The Balaban J connectivity index is 1.99. The van der Waals surface area contributed by atoms with E-state index in [4.69, 9.17) is 0 Å². The van der Waals surface area contributed by atoms with Gasteiger partial charge in [0.15, 0.2) is 0 Å². The van der Waals surface area contributed by atoms with Crippen LogP contribution in [-0.4, -0.2) is 47.8 Å². The third-order valence-corrected chi connectivity index (χ3v) is 5.19. The number of rotatable bonds is 2. The van der Waals surface area contributed by atoms with Crippen molar-refractivity contribution < 1.29 is 9.59 Å². The first-order valence-electron chi connectivity index (χ1n) is 7.92. The van der Waals surface area contributed by atoms with Crippen molar-refractivity contribution >= 4 is 23.2 Å². The number of carbonyl (C=O) groups is 2. The average Bonchev–Trinajstić information content (AvgIpc) is 2.86. The van der Waals surface area contributed by atoms with Crippen molar-refractivity contribution in [3.8, 4) is 0 Å². The lowest BCUT2D eigenvalue weighted by atomic mass is 9.94. The minimum Gasteiger partial charge on any atom is -0.339 e. The van der Waals surface area contributed by atoms with Gasteiger partial charge in [0.25, 0.3) is 5.91 Å². The van der Waals surface area contributed by atoms with Crippen LogP contribution in [-0.2, 0) is 11.2 Å². The molecule has 1 aromatic heterocycles. The lowest BCUT2D eigenvalue weighted by molar-refractivity contribution is -0.140. The Morgan fingerprint density at radius 2 is 1.68 bits per heavy atom.